The summed E-state index contributed by atoms with van der Waals surface area (Å²) in [6.07, 6.45) is 4.93. The smallest absolute Gasteiger partial charge is 0.207 e. The van der Waals surface area contributed by atoms with Gasteiger partial charge in [-0.3, -0.25) is 0 Å². The molecule has 0 radical (unpaired) electrons. The van der Waals surface area contributed by atoms with Crippen molar-refractivity contribution in [1.29, 1.82) is 0 Å². The molecule has 0 saturated heterocycles. The van der Waals surface area contributed by atoms with Crippen LogP contribution in [0.4, 0.5) is 0 Å². The lowest BCUT2D eigenvalue weighted by atomic mass is 9.79. The van der Waals surface area contributed by atoms with Crippen LogP contribution in [-0.4, -0.2) is 8.42 Å². The average molecular weight is 273 g/mol. The second-order valence-electron chi connectivity index (χ2n) is 4.96. The summed E-state index contributed by atoms with van der Waals surface area (Å²) in [5.74, 6) is 1.41. The van der Waals surface area contributed by atoms with Gasteiger partial charge in [0, 0.05) is 10.7 Å². The molecule has 2 rings (SSSR count). The molecule has 0 spiro atoms. The van der Waals surface area contributed by atoms with Crippen molar-refractivity contribution in [3.8, 4) is 0 Å². The Balaban J connectivity index is 2.13. The maximum absolute atomic E-state index is 11.1. The molecule has 1 fully saturated rings. The van der Waals surface area contributed by atoms with Gasteiger partial charge in [0.05, 0.1) is 4.90 Å². The minimum atomic E-state index is -3.59. The monoisotopic (exact) mass is 272 g/mol. The second kappa shape index (κ2) is 4.99. The van der Waals surface area contributed by atoms with Gasteiger partial charge in [-0.15, -0.1) is 0 Å². The summed E-state index contributed by atoms with van der Waals surface area (Å²) >= 11 is 0. The zero-order valence-electron chi connectivity index (χ0n) is 9.90. The first-order valence-electron chi connectivity index (χ1n) is 6.01. The van der Waals surface area contributed by atoms with Crippen LogP contribution in [0.5, 0.6) is 0 Å². The van der Waals surface area contributed by atoms with E-state index in [0.717, 1.165) is 5.92 Å². The van der Waals surface area contributed by atoms with Gasteiger partial charge < -0.3 is 0 Å². The Morgan fingerprint density at radius 2 is 1.59 bits per heavy atom. The first kappa shape index (κ1) is 12.9. The zero-order valence-corrected chi connectivity index (χ0v) is 11.5. The summed E-state index contributed by atoms with van der Waals surface area (Å²) < 4.78 is 22.3. The van der Waals surface area contributed by atoms with Crippen molar-refractivity contribution in [3.63, 3.8) is 0 Å². The Morgan fingerprint density at radius 1 is 1.06 bits per heavy atom. The number of benzene rings is 1. The van der Waals surface area contributed by atoms with Crippen LogP contribution in [0.25, 0.3) is 0 Å². The minimum Gasteiger partial charge on any atom is -0.207 e. The van der Waals surface area contributed by atoms with Gasteiger partial charge in [-0.2, -0.15) is 0 Å². The van der Waals surface area contributed by atoms with Crippen LogP contribution in [0.2, 0.25) is 0 Å². The van der Waals surface area contributed by atoms with Gasteiger partial charge in [-0.25, -0.2) is 8.42 Å². The lowest BCUT2D eigenvalue weighted by molar-refractivity contribution is 0.348. The summed E-state index contributed by atoms with van der Waals surface area (Å²) in [7, 11) is 1.70. The fourth-order valence-corrected chi connectivity index (χ4v) is 3.27. The van der Waals surface area contributed by atoms with Crippen molar-refractivity contribution in [1.82, 2.24) is 0 Å². The van der Waals surface area contributed by atoms with Crippen LogP contribution in [0.1, 0.15) is 44.1 Å². The number of hydrogen-bond donors (Lipinski definition) is 0. The Bertz CT molecular complexity index is 471. The highest BCUT2D eigenvalue weighted by atomic mass is 35.7. The Morgan fingerprint density at radius 3 is 2.06 bits per heavy atom. The van der Waals surface area contributed by atoms with Crippen molar-refractivity contribution in [2.24, 2.45) is 5.92 Å². The molecule has 0 amide bonds. The molecule has 0 atom stereocenters. The lowest BCUT2D eigenvalue weighted by Gasteiger charge is -2.26. The third kappa shape index (κ3) is 3.23. The largest absolute Gasteiger partial charge is 0.261 e. The maximum Gasteiger partial charge on any atom is 0.261 e. The molecule has 0 unspecified atom stereocenters. The first-order chi connectivity index (χ1) is 7.97. The van der Waals surface area contributed by atoms with Crippen LogP contribution >= 0.6 is 10.7 Å². The molecular weight excluding hydrogens is 256 g/mol. The molecule has 1 aromatic carbocycles. The van der Waals surface area contributed by atoms with Gasteiger partial charge in [0.25, 0.3) is 9.05 Å². The van der Waals surface area contributed by atoms with Crippen molar-refractivity contribution >= 4 is 19.7 Å². The highest BCUT2D eigenvalue weighted by Crippen LogP contribution is 2.35. The molecule has 0 aliphatic heterocycles. The van der Waals surface area contributed by atoms with Crippen LogP contribution in [0.3, 0.4) is 0 Å². The third-order valence-electron chi connectivity index (χ3n) is 3.65. The second-order valence-corrected chi connectivity index (χ2v) is 7.53. The SMILES string of the molecule is CC1CCC(c2ccc(S(=O)(=O)Cl)cc2)CC1. The average Bonchev–Trinajstić information content (AvgIpc) is 2.29. The molecule has 0 heterocycles. The van der Waals surface area contributed by atoms with Gasteiger partial charge in [0.15, 0.2) is 0 Å². The highest BCUT2D eigenvalue weighted by Gasteiger charge is 2.20. The summed E-state index contributed by atoms with van der Waals surface area (Å²) in [5, 5.41) is 0. The molecule has 1 aliphatic carbocycles. The van der Waals surface area contributed by atoms with Gasteiger partial charge in [-0.05, 0) is 42.4 Å². The Kier molecular flexibility index (Phi) is 3.79. The van der Waals surface area contributed by atoms with Gasteiger partial charge in [-0.1, -0.05) is 31.9 Å². The number of halogens is 1. The highest BCUT2D eigenvalue weighted by molar-refractivity contribution is 8.13. The zero-order chi connectivity index (χ0) is 12.5. The Labute approximate surface area is 107 Å². The van der Waals surface area contributed by atoms with E-state index in [2.05, 4.69) is 6.92 Å². The van der Waals surface area contributed by atoms with E-state index in [9.17, 15) is 8.42 Å². The molecule has 0 N–H and O–H groups in total. The molecule has 2 nitrogen and oxygen atoms in total. The van der Waals surface area contributed by atoms with E-state index in [-0.39, 0.29) is 4.90 Å². The molecule has 1 aliphatic rings. The quantitative estimate of drug-likeness (QED) is 0.765. The minimum absolute atomic E-state index is 0.187. The van der Waals surface area contributed by atoms with Gasteiger partial charge in [0.2, 0.25) is 0 Å². The summed E-state index contributed by atoms with van der Waals surface area (Å²) in [6, 6.07) is 7.01. The number of hydrogen-bond acceptors (Lipinski definition) is 2. The fraction of sp³-hybridized carbons (Fsp3) is 0.538. The van der Waals surface area contributed by atoms with E-state index < -0.39 is 9.05 Å². The third-order valence-corrected chi connectivity index (χ3v) is 5.02. The molecule has 1 aromatic rings. The predicted molar refractivity (Wildman–Crippen MR) is 69.9 cm³/mol. The fourth-order valence-electron chi connectivity index (χ4n) is 2.50. The normalized spacial score (nSPS) is 25.8. The van der Waals surface area contributed by atoms with Crippen LogP contribution < -0.4 is 0 Å². The van der Waals surface area contributed by atoms with Crippen LogP contribution in [0, 0.1) is 5.92 Å². The molecule has 94 valence electrons. The lowest BCUT2D eigenvalue weighted by Crippen LogP contribution is -2.10. The van der Waals surface area contributed by atoms with Gasteiger partial charge >= 0.3 is 0 Å². The van der Waals surface area contributed by atoms with Crippen LogP contribution in [0.15, 0.2) is 29.2 Å². The van der Waals surface area contributed by atoms with Crippen LogP contribution in [-0.2, 0) is 9.05 Å². The maximum atomic E-state index is 11.1. The van der Waals surface area contributed by atoms with E-state index in [0.29, 0.717) is 5.92 Å². The molecular formula is C13H17ClO2S. The molecule has 17 heavy (non-hydrogen) atoms. The van der Waals surface area contributed by atoms with Crippen molar-refractivity contribution < 1.29 is 8.42 Å². The number of rotatable bonds is 2. The standard InChI is InChI=1S/C13H17ClO2S/c1-10-2-4-11(5-3-10)12-6-8-13(9-7-12)17(14,15)16/h6-11H,2-5H2,1H3. The van der Waals surface area contributed by atoms with Crippen molar-refractivity contribution in [3.05, 3.63) is 29.8 Å². The molecule has 1 saturated carbocycles. The van der Waals surface area contributed by atoms with Crippen molar-refractivity contribution in [2.45, 2.75) is 43.4 Å². The van der Waals surface area contributed by atoms with E-state index >= 15 is 0 Å². The Hall–Kier alpha value is -0.540. The molecule has 4 heteroatoms. The van der Waals surface area contributed by atoms with E-state index in [1.165, 1.54) is 31.2 Å². The summed E-state index contributed by atoms with van der Waals surface area (Å²) in [5.41, 5.74) is 1.24. The summed E-state index contributed by atoms with van der Waals surface area (Å²) in [4.78, 5) is 0.187. The van der Waals surface area contributed by atoms with E-state index in [4.69, 9.17) is 10.7 Å². The molecule has 0 bridgehead atoms. The topological polar surface area (TPSA) is 34.1 Å². The van der Waals surface area contributed by atoms with E-state index in [1.54, 1.807) is 12.1 Å². The summed E-state index contributed by atoms with van der Waals surface area (Å²) in [6.45, 7) is 2.29. The van der Waals surface area contributed by atoms with Gasteiger partial charge in [0.1, 0.15) is 0 Å². The molecule has 0 aromatic heterocycles. The van der Waals surface area contributed by atoms with Crippen molar-refractivity contribution in [2.75, 3.05) is 0 Å². The predicted octanol–water partition coefficient (Wildman–Crippen LogP) is 3.91. The first-order valence-corrected chi connectivity index (χ1v) is 8.32. The van der Waals surface area contributed by atoms with E-state index in [1.807, 2.05) is 12.1 Å².